The van der Waals surface area contributed by atoms with Crippen molar-refractivity contribution in [3.05, 3.63) is 21.2 Å². The van der Waals surface area contributed by atoms with Gasteiger partial charge in [-0.2, -0.15) is 0 Å². The van der Waals surface area contributed by atoms with Gasteiger partial charge in [0.25, 0.3) is 0 Å². The monoisotopic (exact) mass is 328 g/mol. The van der Waals surface area contributed by atoms with Crippen molar-refractivity contribution in [3.63, 3.8) is 0 Å². The minimum absolute atomic E-state index is 0.182. The van der Waals surface area contributed by atoms with Crippen molar-refractivity contribution >= 4 is 33.6 Å². The predicted octanol–water partition coefficient (Wildman–Crippen LogP) is 1.19. The first-order chi connectivity index (χ1) is 8.65. The van der Waals surface area contributed by atoms with Crippen LogP contribution in [0.5, 0.6) is 0 Å². The van der Waals surface area contributed by atoms with E-state index in [0.717, 1.165) is 17.3 Å². The predicted molar refractivity (Wildman–Crippen MR) is 69.4 cm³/mol. The van der Waals surface area contributed by atoms with Crippen molar-refractivity contribution in [2.45, 2.75) is 29.1 Å². The van der Waals surface area contributed by atoms with Crippen LogP contribution >= 0.6 is 27.7 Å². The normalized spacial score (nSPS) is 14.9. The second-order valence-electron chi connectivity index (χ2n) is 3.90. The van der Waals surface area contributed by atoms with Gasteiger partial charge in [0.05, 0.1) is 4.47 Å². The number of hydrogen-bond acceptors (Lipinski definition) is 6. The fourth-order valence-corrected chi connectivity index (χ4v) is 2.86. The molecule has 0 amide bonds. The molecule has 0 bridgehead atoms. The summed E-state index contributed by atoms with van der Waals surface area (Å²) < 4.78 is 2.38. The first-order valence-electron chi connectivity index (χ1n) is 5.28. The second kappa shape index (κ2) is 4.39. The average molecular weight is 329 g/mol. The minimum Gasteiger partial charge on any atom is -0.368 e. The first-order valence-corrected chi connectivity index (χ1v) is 6.89. The molecule has 1 aliphatic carbocycles. The molecule has 7 nitrogen and oxygen atoms in total. The third-order valence-electron chi connectivity index (χ3n) is 2.50. The Bertz CT molecular complexity index is 649. The second-order valence-corrected chi connectivity index (χ2v) is 5.71. The lowest BCUT2D eigenvalue weighted by atomic mass is 10.7. The highest BCUT2D eigenvalue weighted by atomic mass is 79.9. The largest absolute Gasteiger partial charge is 0.368 e. The van der Waals surface area contributed by atoms with E-state index >= 15 is 0 Å². The molecule has 3 rings (SSSR count). The number of H-pyrrole nitrogens is 1. The zero-order chi connectivity index (χ0) is 12.7. The summed E-state index contributed by atoms with van der Waals surface area (Å²) in [5.74, 6) is 0.191. The highest BCUT2D eigenvalue weighted by Gasteiger charge is 2.29. The van der Waals surface area contributed by atoms with E-state index in [9.17, 15) is 4.79 Å². The molecule has 1 fully saturated rings. The molecule has 9 heteroatoms. The maximum atomic E-state index is 11.6. The molecule has 2 aromatic rings. The van der Waals surface area contributed by atoms with Gasteiger partial charge in [0.1, 0.15) is 5.03 Å². The van der Waals surface area contributed by atoms with Crippen LogP contribution in [-0.4, -0.2) is 24.7 Å². The summed E-state index contributed by atoms with van der Waals surface area (Å²) in [4.78, 5) is 19.6. The summed E-state index contributed by atoms with van der Waals surface area (Å²) in [7, 11) is 0. The van der Waals surface area contributed by atoms with Gasteiger partial charge in [0.2, 0.25) is 5.95 Å². The third kappa shape index (κ3) is 2.15. The van der Waals surface area contributed by atoms with Gasteiger partial charge in [-0.15, -0.1) is 5.10 Å². The van der Waals surface area contributed by atoms with Crippen LogP contribution < -0.4 is 11.4 Å². The minimum atomic E-state index is -0.182. The van der Waals surface area contributed by atoms with Crippen molar-refractivity contribution in [1.82, 2.24) is 24.7 Å². The molecule has 1 aliphatic rings. The molecular weight excluding hydrogens is 320 g/mol. The maximum Gasteiger partial charge on any atom is 0.344 e. The van der Waals surface area contributed by atoms with Crippen molar-refractivity contribution in [2.75, 3.05) is 5.73 Å². The van der Waals surface area contributed by atoms with Gasteiger partial charge in [-0.1, -0.05) is 0 Å². The van der Waals surface area contributed by atoms with Crippen molar-refractivity contribution in [2.24, 2.45) is 0 Å². The number of halogens is 1. The molecule has 0 spiro atoms. The topological polar surface area (TPSA) is 102 Å². The Morgan fingerprint density at radius 3 is 3.06 bits per heavy atom. The summed E-state index contributed by atoms with van der Waals surface area (Å²) in [5.41, 5.74) is 5.36. The molecule has 0 saturated heterocycles. The van der Waals surface area contributed by atoms with E-state index < -0.39 is 0 Å². The van der Waals surface area contributed by atoms with Gasteiger partial charge >= 0.3 is 5.69 Å². The lowest BCUT2D eigenvalue weighted by molar-refractivity contribution is 0.642. The molecule has 0 aliphatic heterocycles. The SMILES string of the molecule is Nc1ncc(Br)c(Sc2n[nH]c(=O)n2C2CC2)n1. The Kier molecular flexibility index (Phi) is 2.86. The molecule has 94 valence electrons. The number of aromatic nitrogens is 5. The van der Waals surface area contributed by atoms with Crippen LogP contribution in [0.2, 0.25) is 0 Å². The van der Waals surface area contributed by atoms with E-state index in [1.165, 1.54) is 11.8 Å². The van der Waals surface area contributed by atoms with Gasteiger partial charge in [0, 0.05) is 12.2 Å². The van der Waals surface area contributed by atoms with Gasteiger partial charge in [0.15, 0.2) is 5.16 Å². The first kappa shape index (κ1) is 11.7. The molecular formula is C9H9BrN6OS. The third-order valence-corrected chi connectivity index (χ3v) is 4.32. The summed E-state index contributed by atoms with van der Waals surface area (Å²) in [6.45, 7) is 0. The van der Waals surface area contributed by atoms with Gasteiger partial charge in [-0.3, -0.25) is 4.57 Å². The maximum absolute atomic E-state index is 11.6. The van der Waals surface area contributed by atoms with Crippen LogP contribution in [-0.2, 0) is 0 Å². The highest BCUT2D eigenvalue weighted by Crippen LogP contribution is 2.38. The molecule has 2 heterocycles. The fraction of sp³-hybridized carbons (Fsp3) is 0.333. The lowest BCUT2D eigenvalue weighted by Crippen LogP contribution is -2.16. The molecule has 3 N–H and O–H groups in total. The number of anilines is 1. The highest BCUT2D eigenvalue weighted by molar-refractivity contribution is 9.10. The zero-order valence-corrected chi connectivity index (χ0v) is 11.5. The van der Waals surface area contributed by atoms with E-state index in [-0.39, 0.29) is 17.7 Å². The summed E-state index contributed by atoms with van der Waals surface area (Å²) in [6.07, 6.45) is 3.61. The van der Waals surface area contributed by atoms with Gasteiger partial charge in [-0.05, 0) is 40.5 Å². The molecule has 1 saturated carbocycles. The summed E-state index contributed by atoms with van der Waals surface area (Å²) in [6, 6.07) is 0.261. The Labute approximate surface area is 114 Å². The van der Waals surface area contributed by atoms with Crippen LogP contribution in [0.4, 0.5) is 5.95 Å². The van der Waals surface area contributed by atoms with Gasteiger partial charge in [-0.25, -0.2) is 19.9 Å². The van der Waals surface area contributed by atoms with Gasteiger partial charge < -0.3 is 5.73 Å². The van der Waals surface area contributed by atoms with E-state index in [2.05, 4.69) is 36.1 Å². The van der Waals surface area contributed by atoms with Crippen LogP contribution in [0.3, 0.4) is 0 Å². The van der Waals surface area contributed by atoms with E-state index in [4.69, 9.17) is 5.73 Å². The Balaban J connectivity index is 1.97. The van der Waals surface area contributed by atoms with Crippen LogP contribution in [0.1, 0.15) is 18.9 Å². The van der Waals surface area contributed by atoms with Crippen LogP contribution in [0.15, 0.2) is 25.6 Å². The van der Waals surface area contributed by atoms with Crippen LogP contribution in [0.25, 0.3) is 0 Å². The Morgan fingerprint density at radius 2 is 2.33 bits per heavy atom. The standard InChI is InChI=1S/C9H9BrN6OS/c10-5-3-12-7(11)13-6(5)18-9-15-14-8(17)16(9)4-1-2-4/h3-4H,1-2H2,(H,14,17)(H2,11,12,13). The molecule has 2 aromatic heterocycles. The number of nitrogens with two attached hydrogens (primary N) is 1. The number of nitrogens with zero attached hydrogens (tertiary/aromatic N) is 4. The van der Waals surface area contributed by atoms with E-state index in [0.29, 0.717) is 10.2 Å². The average Bonchev–Trinajstić information content (AvgIpc) is 3.10. The van der Waals surface area contributed by atoms with E-state index in [1.807, 2.05) is 0 Å². The number of nitrogen functional groups attached to an aromatic ring is 1. The molecule has 0 radical (unpaired) electrons. The van der Waals surface area contributed by atoms with Crippen molar-refractivity contribution in [3.8, 4) is 0 Å². The molecule has 0 aromatic carbocycles. The molecule has 0 atom stereocenters. The van der Waals surface area contributed by atoms with Crippen molar-refractivity contribution < 1.29 is 0 Å². The summed E-state index contributed by atoms with van der Waals surface area (Å²) >= 11 is 4.63. The number of rotatable bonds is 3. The fourth-order valence-electron chi connectivity index (χ4n) is 1.54. The quantitative estimate of drug-likeness (QED) is 0.820. The van der Waals surface area contributed by atoms with Crippen molar-refractivity contribution in [1.29, 1.82) is 0 Å². The lowest BCUT2D eigenvalue weighted by Gasteiger charge is -2.04. The zero-order valence-electron chi connectivity index (χ0n) is 9.13. The molecule has 18 heavy (non-hydrogen) atoms. The smallest absolute Gasteiger partial charge is 0.344 e. The number of aromatic amines is 1. The Hall–Kier alpha value is -1.35. The number of hydrogen-bond donors (Lipinski definition) is 2. The Morgan fingerprint density at radius 1 is 1.56 bits per heavy atom. The van der Waals surface area contributed by atoms with Crippen LogP contribution in [0, 0.1) is 0 Å². The number of nitrogens with one attached hydrogen (secondary N) is 1. The molecule has 0 unspecified atom stereocenters. The van der Waals surface area contributed by atoms with E-state index in [1.54, 1.807) is 10.8 Å². The summed E-state index contributed by atoms with van der Waals surface area (Å²) in [5, 5.41) is 7.71.